The maximum atomic E-state index is 11.9. The molecule has 1 atom stereocenters. The van der Waals surface area contributed by atoms with Crippen LogP contribution in [0.2, 0.25) is 0 Å². The first-order valence-electron chi connectivity index (χ1n) is 5.77. The van der Waals surface area contributed by atoms with Crippen LogP contribution >= 0.6 is 0 Å². The Morgan fingerprint density at radius 3 is 3.06 bits per heavy atom. The minimum absolute atomic E-state index is 0.0660. The number of anilines is 1. The van der Waals surface area contributed by atoms with Crippen LogP contribution in [-0.2, 0) is 11.2 Å². The molecule has 0 saturated carbocycles. The molecular weight excluding hydrogens is 235 g/mol. The number of halogens is 1. The first-order chi connectivity index (χ1) is 8.65. The van der Waals surface area contributed by atoms with Crippen molar-refractivity contribution >= 4 is 11.9 Å². The lowest BCUT2D eigenvalue weighted by Crippen LogP contribution is -2.35. The third-order valence-corrected chi connectivity index (χ3v) is 2.44. The highest BCUT2D eigenvalue weighted by molar-refractivity contribution is 5.78. The highest BCUT2D eigenvalue weighted by atomic mass is 19.1. The Bertz CT molecular complexity index is 422. The molecule has 1 aromatic heterocycles. The number of carbonyl (C=O) groups is 1. The van der Waals surface area contributed by atoms with Crippen molar-refractivity contribution in [1.82, 2.24) is 15.3 Å². The van der Waals surface area contributed by atoms with Gasteiger partial charge >= 0.3 is 0 Å². The fraction of sp³-hybridized carbons (Fsp3) is 0.417. The van der Waals surface area contributed by atoms with E-state index >= 15 is 0 Å². The van der Waals surface area contributed by atoms with E-state index in [1.165, 1.54) is 12.3 Å². The van der Waals surface area contributed by atoms with E-state index in [0.29, 0.717) is 18.4 Å². The van der Waals surface area contributed by atoms with Crippen molar-refractivity contribution in [2.24, 2.45) is 0 Å². The van der Waals surface area contributed by atoms with Gasteiger partial charge in [-0.2, -0.15) is 0 Å². The maximum absolute atomic E-state index is 11.9. The summed E-state index contributed by atoms with van der Waals surface area (Å²) in [5.74, 6) is -0.0140. The minimum atomic E-state index is -0.160. The van der Waals surface area contributed by atoms with E-state index in [4.69, 9.17) is 5.73 Å². The summed E-state index contributed by atoms with van der Waals surface area (Å²) >= 11 is 0. The number of nitrogen functional groups attached to an aromatic ring is 1. The maximum Gasteiger partial charge on any atom is 0.226 e. The molecule has 18 heavy (non-hydrogen) atoms. The fourth-order valence-electron chi connectivity index (χ4n) is 1.50. The minimum Gasteiger partial charge on any atom is -0.368 e. The van der Waals surface area contributed by atoms with E-state index in [-0.39, 0.29) is 24.3 Å². The molecule has 5 nitrogen and oxygen atoms in total. The SMILES string of the molecule is CCC(CC=CF)NC(=O)Cc1ccnc(N)n1. The molecule has 0 aliphatic rings. The van der Waals surface area contributed by atoms with Crippen LogP contribution in [0.5, 0.6) is 0 Å². The second-order valence-corrected chi connectivity index (χ2v) is 3.85. The second-order valence-electron chi connectivity index (χ2n) is 3.85. The molecule has 1 amide bonds. The predicted molar refractivity (Wildman–Crippen MR) is 67.2 cm³/mol. The Balaban J connectivity index is 2.50. The van der Waals surface area contributed by atoms with Gasteiger partial charge in [-0.05, 0) is 18.9 Å². The van der Waals surface area contributed by atoms with Gasteiger partial charge in [0.1, 0.15) is 0 Å². The zero-order chi connectivity index (χ0) is 13.4. The monoisotopic (exact) mass is 252 g/mol. The van der Waals surface area contributed by atoms with Gasteiger partial charge in [0, 0.05) is 12.2 Å². The highest BCUT2D eigenvalue weighted by Gasteiger charge is 2.10. The van der Waals surface area contributed by atoms with Gasteiger partial charge in [0.2, 0.25) is 11.9 Å². The summed E-state index contributed by atoms with van der Waals surface area (Å²) in [6, 6.07) is 1.57. The molecule has 1 unspecified atom stereocenters. The molecule has 0 aromatic carbocycles. The first-order valence-corrected chi connectivity index (χ1v) is 5.77. The average Bonchev–Trinajstić information content (AvgIpc) is 2.34. The number of hydrogen-bond donors (Lipinski definition) is 2. The Morgan fingerprint density at radius 1 is 1.67 bits per heavy atom. The molecular formula is C12H17FN4O. The van der Waals surface area contributed by atoms with Crippen LogP contribution in [0.25, 0.3) is 0 Å². The number of carbonyl (C=O) groups excluding carboxylic acids is 1. The van der Waals surface area contributed by atoms with E-state index in [0.717, 1.165) is 6.42 Å². The summed E-state index contributed by atoms with van der Waals surface area (Å²) < 4.78 is 11.9. The highest BCUT2D eigenvalue weighted by Crippen LogP contribution is 2.02. The van der Waals surface area contributed by atoms with E-state index in [9.17, 15) is 9.18 Å². The third kappa shape index (κ3) is 4.90. The van der Waals surface area contributed by atoms with Crippen molar-refractivity contribution in [1.29, 1.82) is 0 Å². The molecule has 1 heterocycles. The van der Waals surface area contributed by atoms with Crippen molar-refractivity contribution < 1.29 is 9.18 Å². The molecule has 1 rings (SSSR count). The van der Waals surface area contributed by atoms with Gasteiger partial charge in [0.05, 0.1) is 18.4 Å². The molecule has 0 aliphatic carbocycles. The fourth-order valence-corrected chi connectivity index (χ4v) is 1.50. The van der Waals surface area contributed by atoms with Gasteiger partial charge in [-0.1, -0.05) is 13.0 Å². The number of nitrogens with zero attached hydrogens (tertiary/aromatic N) is 2. The number of nitrogens with two attached hydrogens (primary N) is 1. The summed E-state index contributed by atoms with van der Waals surface area (Å²) in [6.45, 7) is 1.93. The van der Waals surface area contributed by atoms with Gasteiger partial charge in [-0.15, -0.1) is 0 Å². The molecule has 0 spiro atoms. The number of amides is 1. The zero-order valence-electron chi connectivity index (χ0n) is 10.3. The van der Waals surface area contributed by atoms with Crippen molar-refractivity contribution in [3.8, 4) is 0 Å². The van der Waals surface area contributed by atoms with Gasteiger partial charge in [0.25, 0.3) is 0 Å². The quantitative estimate of drug-likeness (QED) is 0.801. The van der Waals surface area contributed by atoms with Gasteiger partial charge in [-0.3, -0.25) is 4.79 Å². The smallest absolute Gasteiger partial charge is 0.226 e. The summed E-state index contributed by atoms with van der Waals surface area (Å²) in [6.07, 6.45) is 4.74. The molecule has 6 heteroatoms. The lowest BCUT2D eigenvalue weighted by Gasteiger charge is -2.14. The summed E-state index contributed by atoms with van der Waals surface area (Å²) in [5, 5.41) is 2.81. The number of rotatable bonds is 6. The normalized spacial score (nSPS) is 12.6. The third-order valence-electron chi connectivity index (χ3n) is 2.44. The molecule has 0 radical (unpaired) electrons. The van der Waals surface area contributed by atoms with Crippen LogP contribution in [0.4, 0.5) is 10.3 Å². The molecule has 0 bridgehead atoms. The molecule has 1 aromatic rings. The van der Waals surface area contributed by atoms with Crippen molar-refractivity contribution in [3.05, 3.63) is 30.4 Å². The predicted octanol–water partition coefficient (Wildman–Crippen LogP) is 1.37. The van der Waals surface area contributed by atoms with E-state index < -0.39 is 0 Å². The second kappa shape index (κ2) is 7.37. The first kappa shape index (κ1) is 14.1. The molecule has 0 saturated heterocycles. The van der Waals surface area contributed by atoms with Gasteiger partial charge in [0.15, 0.2) is 0 Å². The van der Waals surface area contributed by atoms with Crippen molar-refractivity contribution in [3.63, 3.8) is 0 Å². The van der Waals surface area contributed by atoms with Crippen LogP contribution in [0.1, 0.15) is 25.5 Å². The lowest BCUT2D eigenvalue weighted by atomic mass is 10.1. The van der Waals surface area contributed by atoms with E-state index in [2.05, 4.69) is 15.3 Å². The Labute approximate surface area is 105 Å². The van der Waals surface area contributed by atoms with Crippen LogP contribution in [-0.4, -0.2) is 21.9 Å². The summed E-state index contributed by atoms with van der Waals surface area (Å²) in [5.41, 5.74) is 5.99. The van der Waals surface area contributed by atoms with Crippen LogP contribution in [0.15, 0.2) is 24.7 Å². The van der Waals surface area contributed by atoms with Gasteiger partial charge in [-0.25, -0.2) is 14.4 Å². The zero-order valence-corrected chi connectivity index (χ0v) is 10.3. The molecule has 98 valence electrons. The summed E-state index contributed by atoms with van der Waals surface area (Å²) in [4.78, 5) is 19.4. The number of nitrogens with one attached hydrogen (secondary N) is 1. The largest absolute Gasteiger partial charge is 0.368 e. The van der Waals surface area contributed by atoms with Crippen LogP contribution in [0, 0.1) is 0 Å². The Morgan fingerprint density at radius 2 is 2.44 bits per heavy atom. The van der Waals surface area contributed by atoms with Crippen molar-refractivity contribution in [2.45, 2.75) is 32.2 Å². The molecule has 0 fully saturated rings. The van der Waals surface area contributed by atoms with Gasteiger partial charge < -0.3 is 11.1 Å². The topological polar surface area (TPSA) is 80.9 Å². The van der Waals surface area contributed by atoms with E-state index in [1.54, 1.807) is 6.07 Å². The summed E-state index contributed by atoms with van der Waals surface area (Å²) in [7, 11) is 0. The lowest BCUT2D eigenvalue weighted by molar-refractivity contribution is -0.121. The Kier molecular flexibility index (Phi) is 5.76. The van der Waals surface area contributed by atoms with Crippen LogP contribution < -0.4 is 11.1 Å². The Hall–Kier alpha value is -1.98. The van der Waals surface area contributed by atoms with Crippen LogP contribution in [0.3, 0.4) is 0 Å². The number of aromatic nitrogens is 2. The number of hydrogen-bond acceptors (Lipinski definition) is 4. The average molecular weight is 252 g/mol. The van der Waals surface area contributed by atoms with E-state index in [1.807, 2.05) is 6.92 Å². The van der Waals surface area contributed by atoms with Crippen molar-refractivity contribution in [2.75, 3.05) is 5.73 Å². The molecule has 0 aliphatic heterocycles. The molecule has 3 N–H and O–H groups in total. The standard InChI is InChI=1S/C12H17FN4O/c1-2-9(4-3-6-13)16-11(18)8-10-5-7-15-12(14)17-10/h3,5-7,9H,2,4,8H2,1H3,(H,16,18)(H2,14,15,17).